The lowest BCUT2D eigenvalue weighted by Gasteiger charge is -2.09. The summed E-state index contributed by atoms with van der Waals surface area (Å²) in [6.45, 7) is 3.16. The zero-order valence-electron chi connectivity index (χ0n) is 13.4. The summed E-state index contributed by atoms with van der Waals surface area (Å²) in [7, 11) is 0. The van der Waals surface area contributed by atoms with Gasteiger partial charge in [-0.3, -0.25) is 9.78 Å². The number of rotatable bonds is 6. The summed E-state index contributed by atoms with van der Waals surface area (Å²) in [5.41, 5.74) is 3.56. The van der Waals surface area contributed by atoms with E-state index in [0.717, 1.165) is 16.9 Å². The van der Waals surface area contributed by atoms with Crippen LogP contribution in [0, 0.1) is 6.92 Å². The molecule has 2 N–H and O–H groups in total. The van der Waals surface area contributed by atoms with E-state index in [4.69, 9.17) is 0 Å². The van der Waals surface area contributed by atoms with Crippen molar-refractivity contribution in [2.75, 3.05) is 18.4 Å². The molecule has 0 radical (unpaired) electrons. The monoisotopic (exact) mass is 321 g/mol. The summed E-state index contributed by atoms with van der Waals surface area (Å²) in [5.74, 6) is -0.134. The third kappa shape index (κ3) is 3.78. The van der Waals surface area contributed by atoms with Gasteiger partial charge in [0.2, 0.25) is 0 Å². The van der Waals surface area contributed by atoms with Crippen LogP contribution < -0.4 is 10.6 Å². The number of hydrogen-bond donors (Lipinski definition) is 2. The van der Waals surface area contributed by atoms with Crippen LogP contribution in [-0.4, -0.2) is 33.8 Å². The molecule has 0 aliphatic carbocycles. The van der Waals surface area contributed by atoms with Gasteiger partial charge in [0.15, 0.2) is 0 Å². The number of nitrogens with zero attached hydrogens (tertiary/aromatic N) is 3. The first kappa shape index (κ1) is 15.7. The number of carbonyl (C=O) groups is 1. The number of hydrogen-bond acceptors (Lipinski definition) is 4. The normalized spacial score (nSPS) is 10.4. The second kappa shape index (κ2) is 7.41. The van der Waals surface area contributed by atoms with E-state index in [0.29, 0.717) is 18.7 Å². The van der Waals surface area contributed by atoms with Gasteiger partial charge in [0, 0.05) is 37.4 Å². The van der Waals surface area contributed by atoms with Crippen molar-refractivity contribution in [1.82, 2.24) is 20.1 Å². The van der Waals surface area contributed by atoms with Crippen LogP contribution in [0.25, 0.3) is 5.69 Å². The maximum Gasteiger partial charge on any atom is 0.254 e. The van der Waals surface area contributed by atoms with Crippen LogP contribution in [-0.2, 0) is 0 Å². The predicted octanol–water partition coefficient (Wildman–Crippen LogP) is 2.42. The Hall–Kier alpha value is -3.15. The summed E-state index contributed by atoms with van der Waals surface area (Å²) in [4.78, 5) is 16.2. The van der Waals surface area contributed by atoms with Crippen molar-refractivity contribution in [3.8, 4) is 5.69 Å². The zero-order chi connectivity index (χ0) is 16.8. The number of benzene rings is 1. The van der Waals surface area contributed by atoms with Crippen molar-refractivity contribution in [1.29, 1.82) is 0 Å². The number of para-hydroxylation sites is 1. The fourth-order valence-electron chi connectivity index (χ4n) is 2.31. The predicted molar refractivity (Wildman–Crippen MR) is 93.4 cm³/mol. The van der Waals surface area contributed by atoms with Crippen molar-refractivity contribution in [3.63, 3.8) is 0 Å². The molecule has 6 nitrogen and oxygen atoms in total. The number of amides is 1. The topological polar surface area (TPSA) is 71.8 Å². The zero-order valence-corrected chi connectivity index (χ0v) is 13.4. The van der Waals surface area contributed by atoms with Crippen molar-refractivity contribution < 1.29 is 4.79 Å². The maximum absolute atomic E-state index is 12.2. The smallest absolute Gasteiger partial charge is 0.254 e. The standard InChI is InChI=1S/C18H19N5O/c1-14-11-19-8-7-17(14)20-9-10-21-18(24)15-12-22-23(13-15)16-5-3-2-4-6-16/h2-8,11-13H,9-10H2,1H3,(H,19,20)(H,21,24). The minimum absolute atomic E-state index is 0.134. The summed E-state index contributed by atoms with van der Waals surface area (Å²) < 4.78 is 1.69. The van der Waals surface area contributed by atoms with Gasteiger partial charge in [0.25, 0.3) is 5.91 Å². The summed E-state index contributed by atoms with van der Waals surface area (Å²) in [6.07, 6.45) is 6.85. The number of nitrogens with one attached hydrogen (secondary N) is 2. The highest BCUT2D eigenvalue weighted by Crippen LogP contribution is 2.10. The van der Waals surface area contributed by atoms with Gasteiger partial charge in [-0.05, 0) is 30.7 Å². The molecule has 0 spiro atoms. The summed E-state index contributed by atoms with van der Waals surface area (Å²) >= 11 is 0. The number of pyridine rings is 1. The van der Waals surface area contributed by atoms with Crippen LogP contribution in [0.3, 0.4) is 0 Å². The Bertz CT molecular complexity index is 813. The van der Waals surface area contributed by atoms with E-state index in [1.54, 1.807) is 29.5 Å². The SMILES string of the molecule is Cc1cnccc1NCCNC(=O)c1cnn(-c2ccccc2)c1. The third-order valence-corrected chi connectivity index (χ3v) is 3.61. The second-order valence-corrected chi connectivity index (χ2v) is 5.38. The third-order valence-electron chi connectivity index (χ3n) is 3.61. The van der Waals surface area contributed by atoms with Gasteiger partial charge in [-0.15, -0.1) is 0 Å². The number of anilines is 1. The molecule has 3 aromatic rings. The van der Waals surface area contributed by atoms with E-state index in [-0.39, 0.29) is 5.91 Å². The quantitative estimate of drug-likeness (QED) is 0.684. The van der Waals surface area contributed by atoms with Gasteiger partial charge in [0.1, 0.15) is 0 Å². The molecule has 1 amide bonds. The molecule has 0 fully saturated rings. The van der Waals surface area contributed by atoms with Crippen LogP contribution in [0.2, 0.25) is 0 Å². The highest BCUT2D eigenvalue weighted by molar-refractivity contribution is 5.93. The molecular formula is C18H19N5O. The molecule has 0 unspecified atom stereocenters. The largest absolute Gasteiger partial charge is 0.383 e. The molecule has 24 heavy (non-hydrogen) atoms. The molecule has 0 atom stereocenters. The van der Waals surface area contributed by atoms with Crippen LogP contribution in [0.4, 0.5) is 5.69 Å². The minimum Gasteiger partial charge on any atom is -0.383 e. The van der Waals surface area contributed by atoms with Gasteiger partial charge >= 0.3 is 0 Å². The van der Waals surface area contributed by atoms with E-state index in [2.05, 4.69) is 20.7 Å². The Morgan fingerprint density at radius 3 is 2.75 bits per heavy atom. The van der Waals surface area contributed by atoms with Crippen LogP contribution >= 0.6 is 0 Å². The molecule has 1 aromatic carbocycles. The lowest BCUT2D eigenvalue weighted by atomic mass is 10.2. The molecule has 0 bridgehead atoms. The van der Waals surface area contributed by atoms with Crippen LogP contribution in [0.1, 0.15) is 15.9 Å². The Morgan fingerprint density at radius 1 is 1.12 bits per heavy atom. The molecule has 3 rings (SSSR count). The average Bonchev–Trinajstić information content (AvgIpc) is 3.11. The first-order chi connectivity index (χ1) is 11.7. The molecule has 6 heteroatoms. The molecule has 0 saturated heterocycles. The highest BCUT2D eigenvalue weighted by Gasteiger charge is 2.08. The lowest BCUT2D eigenvalue weighted by Crippen LogP contribution is -2.28. The molecule has 0 aliphatic rings. The van der Waals surface area contributed by atoms with E-state index in [9.17, 15) is 4.79 Å². The molecule has 2 heterocycles. The first-order valence-corrected chi connectivity index (χ1v) is 7.77. The van der Waals surface area contributed by atoms with Crippen molar-refractivity contribution in [3.05, 3.63) is 72.3 Å². The van der Waals surface area contributed by atoms with Crippen LogP contribution in [0.5, 0.6) is 0 Å². The van der Waals surface area contributed by atoms with E-state index >= 15 is 0 Å². The molecule has 122 valence electrons. The van der Waals surface area contributed by atoms with E-state index in [1.165, 1.54) is 0 Å². The maximum atomic E-state index is 12.2. The second-order valence-electron chi connectivity index (χ2n) is 5.38. The Balaban J connectivity index is 1.51. The van der Waals surface area contributed by atoms with Gasteiger partial charge in [0.05, 0.1) is 17.4 Å². The molecule has 0 aliphatic heterocycles. The van der Waals surface area contributed by atoms with E-state index < -0.39 is 0 Å². The van der Waals surface area contributed by atoms with Gasteiger partial charge in [-0.2, -0.15) is 5.10 Å². The van der Waals surface area contributed by atoms with Crippen LogP contribution in [0.15, 0.2) is 61.2 Å². The van der Waals surface area contributed by atoms with Gasteiger partial charge < -0.3 is 10.6 Å². The molecule has 2 aromatic heterocycles. The van der Waals surface area contributed by atoms with Crippen molar-refractivity contribution in [2.45, 2.75) is 6.92 Å². The fourth-order valence-corrected chi connectivity index (χ4v) is 2.31. The molecule has 0 saturated carbocycles. The van der Waals surface area contributed by atoms with Crippen molar-refractivity contribution >= 4 is 11.6 Å². The summed E-state index contributed by atoms with van der Waals surface area (Å²) in [6, 6.07) is 11.6. The highest BCUT2D eigenvalue weighted by atomic mass is 16.1. The lowest BCUT2D eigenvalue weighted by molar-refractivity contribution is 0.0955. The molecular weight excluding hydrogens is 302 g/mol. The Labute approximate surface area is 140 Å². The first-order valence-electron chi connectivity index (χ1n) is 7.77. The van der Waals surface area contributed by atoms with Gasteiger partial charge in [-0.1, -0.05) is 18.2 Å². The Morgan fingerprint density at radius 2 is 1.96 bits per heavy atom. The average molecular weight is 321 g/mol. The number of aromatic nitrogens is 3. The minimum atomic E-state index is -0.134. The summed E-state index contributed by atoms with van der Waals surface area (Å²) in [5, 5.41) is 10.4. The number of aryl methyl sites for hydroxylation is 1. The number of carbonyl (C=O) groups excluding carboxylic acids is 1. The fraction of sp³-hybridized carbons (Fsp3) is 0.167. The van der Waals surface area contributed by atoms with Gasteiger partial charge in [-0.25, -0.2) is 4.68 Å². The Kier molecular flexibility index (Phi) is 4.86. The van der Waals surface area contributed by atoms with Crippen molar-refractivity contribution in [2.24, 2.45) is 0 Å². The van der Waals surface area contributed by atoms with E-state index in [1.807, 2.05) is 43.3 Å².